The van der Waals surface area contributed by atoms with E-state index in [1.165, 1.54) is 25.3 Å². The molecule has 1 fully saturated rings. The average molecular weight is 323 g/mol. The number of carbonyl (C=O) groups excluding carboxylic acids is 1. The number of hydrogen-bond acceptors (Lipinski definition) is 5. The van der Waals surface area contributed by atoms with Gasteiger partial charge in [-0.25, -0.2) is 0 Å². The van der Waals surface area contributed by atoms with Gasteiger partial charge in [0.25, 0.3) is 5.91 Å². The molecule has 1 aromatic rings. The fraction of sp³-hybridized carbons (Fsp3) is 0.500. The van der Waals surface area contributed by atoms with E-state index in [-0.39, 0.29) is 23.8 Å². The minimum absolute atomic E-state index is 0.00941. The number of aromatic hydroxyl groups is 1. The number of benzene rings is 1. The number of rotatable bonds is 6. The highest BCUT2D eigenvalue weighted by Crippen LogP contribution is 2.25. The van der Waals surface area contributed by atoms with Gasteiger partial charge in [-0.05, 0) is 37.0 Å². The fourth-order valence-electron chi connectivity index (χ4n) is 2.70. The van der Waals surface area contributed by atoms with Crippen LogP contribution >= 0.6 is 0 Å². The molecule has 7 heteroatoms. The number of hydrogen-bond donors (Lipinski definition) is 3. The number of carboxylic acid groups (broad SMARTS) is 1. The van der Waals surface area contributed by atoms with E-state index in [9.17, 15) is 19.8 Å². The highest BCUT2D eigenvalue weighted by atomic mass is 16.5. The Hall–Kier alpha value is -2.28. The number of nitrogens with one attached hydrogen (secondary N) is 1. The number of phenols is 1. The third-order valence-corrected chi connectivity index (χ3v) is 4.08. The first-order chi connectivity index (χ1) is 11.0. The number of carbonyl (C=O) groups is 2. The minimum Gasteiger partial charge on any atom is -0.507 e. The summed E-state index contributed by atoms with van der Waals surface area (Å²) >= 11 is 0. The molecule has 1 saturated heterocycles. The van der Waals surface area contributed by atoms with Crippen LogP contribution in [0.5, 0.6) is 11.5 Å². The summed E-state index contributed by atoms with van der Waals surface area (Å²) in [5.74, 6) is -1.91. The Balaban J connectivity index is 2.02. The van der Waals surface area contributed by atoms with Gasteiger partial charge in [0.15, 0.2) is 0 Å². The van der Waals surface area contributed by atoms with E-state index in [0.717, 1.165) is 0 Å². The van der Waals surface area contributed by atoms with Crippen LogP contribution in [0.25, 0.3) is 0 Å². The summed E-state index contributed by atoms with van der Waals surface area (Å²) < 4.78 is 10.3. The first-order valence-corrected chi connectivity index (χ1v) is 7.48. The SMILES string of the molecule is COc1ccc(O)c(C(=O)NCC(C(=O)O)C2CCOCC2)c1. The molecule has 3 N–H and O–H groups in total. The number of aliphatic carboxylic acids is 1. The Morgan fingerprint density at radius 2 is 2.09 bits per heavy atom. The van der Waals surface area contributed by atoms with Gasteiger partial charge in [-0.15, -0.1) is 0 Å². The molecule has 23 heavy (non-hydrogen) atoms. The molecule has 1 amide bonds. The van der Waals surface area contributed by atoms with Crippen LogP contribution in [0, 0.1) is 11.8 Å². The molecule has 0 aliphatic carbocycles. The van der Waals surface area contributed by atoms with Gasteiger partial charge < -0.3 is 25.0 Å². The maximum absolute atomic E-state index is 12.2. The number of carboxylic acids is 1. The Morgan fingerprint density at radius 3 is 2.70 bits per heavy atom. The molecule has 0 radical (unpaired) electrons. The van der Waals surface area contributed by atoms with E-state index in [1.54, 1.807) is 0 Å². The Labute approximate surface area is 134 Å². The van der Waals surface area contributed by atoms with Gasteiger partial charge in [0, 0.05) is 19.8 Å². The van der Waals surface area contributed by atoms with Gasteiger partial charge in [0.2, 0.25) is 0 Å². The van der Waals surface area contributed by atoms with Crippen LogP contribution in [-0.4, -0.2) is 49.0 Å². The Kier molecular flexibility index (Phi) is 5.81. The van der Waals surface area contributed by atoms with Crippen molar-refractivity contribution in [2.75, 3.05) is 26.9 Å². The number of phenolic OH excluding ortho intramolecular Hbond substituents is 1. The third-order valence-electron chi connectivity index (χ3n) is 4.08. The highest BCUT2D eigenvalue weighted by Gasteiger charge is 2.30. The van der Waals surface area contributed by atoms with Crippen LogP contribution in [0.1, 0.15) is 23.2 Å². The molecule has 0 spiro atoms. The second-order valence-corrected chi connectivity index (χ2v) is 5.49. The van der Waals surface area contributed by atoms with Crippen LogP contribution in [-0.2, 0) is 9.53 Å². The lowest BCUT2D eigenvalue weighted by molar-refractivity contribution is -0.144. The molecule has 0 bridgehead atoms. The van der Waals surface area contributed by atoms with Gasteiger partial charge in [0.05, 0.1) is 18.6 Å². The summed E-state index contributed by atoms with van der Waals surface area (Å²) in [4.78, 5) is 23.7. The quantitative estimate of drug-likeness (QED) is 0.728. The standard InChI is InChI=1S/C16H21NO6/c1-22-11-2-3-14(18)12(8-11)15(19)17-9-13(16(20)21)10-4-6-23-7-5-10/h2-3,8,10,13,18H,4-7,9H2,1H3,(H,17,19)(H,20,21). The molecule has 1 unspecified atom stereocenters. The van der Waals surface area contributed by atoms with Crippen molar-refractivity contribution < 1.29 is 29.3 Å². The number of methoxy groups -OCH3 is 1. The number of amides is 1. The van der Waals surface area contributed by atoms with Gasteiger partial charge in [-0.1, -0.05) is 0 Å². The van der Waals surface area contributed by atoms with Crippen molar-refractivity contribution in [1.82, 2.24) is 5.32 Å². The molecule has 0 aromatic heterocycles. The summed E-state index contributed by atoms with van der Waals surface area (Å²) in [6.45, 7) is 1.09. The maximum Gasteiger partial charge on any atom is 0.308 e. The van der Waals surface area contributed by atoms with Crippen LogP contribution in [0.4, 0.5) is 0 Å². The summed E-state index contributed by atoms with van der Waals surface area (Å²) in [6, 6.07) is 4.31. The lowest BCUT2D eigenvalue weighted by atomic mass is 9.86. The van der Waals surface area contributed by atoms with Crippen molar-refractivity contribution in [3.05, 3.63) is 23.8 Å². The molecule has 7 nitrogen and oxygen atoms in total. The lowest BCUT2D eigenvalue weighted by Crippen LogP contribution is -2.39. The van der Waals surface area contributed by atoms with Crippen molar-refractivity contribution in [2.45, 2.75) is 12.8 Å². The van der Waals surface area contributed by atoms with E-state index in [2.05, 4.69) is 5.32 Å². The van der Waals surface area contributed by atoms with Crippen LogP contribution in [0.15, 0.2) is 18.2 Å². The van der Waals surface area contributed by atoms with Crippen molar-refractivity contribution in [3.8, 4) is 11.5 Å². The van der Waals surface area contributed by atoms with E-state index in [0.29, 0.717) is 31.8 Å². The Bertz CT molecular complexity index is 568. The molecular weight excluding hydrogens is 302 g/mol. The molecule has 2 rings (SSSR count). The first-order valence-electron chi connectivity index (χ1n) is 7.48. The first kappa shape index (κ1) is 17.1. The maximum atomic E-state index is 12.2. The van der Waals surface area contributed by atoms with E-state index in [1.807, 2.05) is 0 Å². The fourth-order valence-corrected chi connectivity index (χ4v) is 2.70. The molecular formula is C16H21NO6. The normalized spacial score (nSPS) is 16.6. The monoisotopic (exact) mass is 323 g/mol. The Morgan fingerprint density at radius 1 is 1.39 bits per heavy atom. The highest BCUT2D eigenvalue weighted by molar-refractivity contribution is 5.97. The molecule has 1 aliphatic rings. The summed E-state index contributed by atoms with van der Waals surface area (Å²) in [7, 11) is 1.46. The average Bonchev–Trinajstić information content (AvgIpc) is 2.56. The smallest absolute Gasteiger partial charge is 0.308 e. The molecule has 1 aromatic carbocycles. The predicted molar refractivity (Wildman–Crippen MR) is 81.7 cm³/mol. The molecule has 1 atom stereocenters. The zero-order valence-corrected chi connectivity index (χ0v) is 12.9. The van der Waals surface area contributed by atoms with Crippen LogP contribution in [0.3, 0.4) is 0 Å². The van der Waals surface area contributed by atoms with E-state index in [4.69, 9.17) is 9.47 Å². The third kappa shape index (κ3) is 4.35. The van der Waals surface area contributed by atoms with Gasteiger partial charge in [0.1, 0.15) is 11.5 Å². The van der Waals surface area contributed by atoms with Crippen molar-refractivity contribution in [3.63, 3.8) is 0 Å². The summed E-state index contributed by atoms with van der Waals surface area (Å²) in [6.07, 6.45) is 1.33. The zero-order chi connectivity index (χ0) is 16.8. The van der Waals surface area contributed by atoms with Gasteiger partial charge in [-0.2, -0.15) is 0 Å². The minimum atomic E-state index is -0.938. The molecule has 0 saturated carbocycles. The largest absolute Gasteiger partial charge is 0.507 e. The van der Waals surface area contributed by atoms with Crippen LogP contribution in [0.2, 0.25) is 0 Å². The molecule has 126 valence electrons. The summed E-state index contributed by atoms with van der Waals surface area (Å²) in [5.41, 5.74) is 0.0560. The zero-order valence-electron chi connectivity index (χ0n) is 12.9. The second kappa shape index (κ2) is 7.82. The van der Waals surface area contributed by atoms with Crippen molar-refractivity contribution in [1.29, 1.82) is 0 Å². The van der Waals surface area contributed by atoms with Gasteiger partial charge in [-0.3, -0.25) is 9.59 Å². The lowest BCUT2D eigenvalue weighted by Gasteiger charge is -2.27. The van der Waals surface area contributed by atoms with Crippen molar-refractivity contribution >= 4 is 11.9 Å². The molecule has 1 aliphatic heterocycles. The van der Waals surface area contributed by atoms with Crippen molar-refractivity contribution in [2.24, 2.45) is 11.8 Å². The molecule has 1 heterocycles. The van der Waals surface area contributed by atoms with Gasteiger partial charge >= 0.3 is 5.97 Å². The van der Waals surface area contributed by atoms with E-state index < -0.39 is 17.8 Å². The predicted octanol–water partition coefficient (Wildman–Crippen LogP) is 1.26. The summed E-state index contributed by atoms with van der Waals surface area (Å²) in [5, 5.41) is 21.8. The topological polar surface area (TPSA) is 105 Å². The van der Waals surface area contributed by atoms with Crippen LogP contribution < -0.4 is 10.1 Å². The van der Waals surface area contributed by atoms with E-state index >= 15 is 0 Å². The number of ether oxygens (including phenoxy) is 2. The second-order valence-electron chi connectivity index (χ2n) is 5.49.